The summed E-state index contributed by atoms with van der Waals surface area (Å²) < 4.78 is 10.3. The number of benzene rings is 1. The molecule has 4 nitrogen and oxygen atoms in total. The van der Waals surface area contributed by atoms with Gasteiger partial charge in [0.25, 0.3) is 0 Å². The molecule has 0 aliphatic heterocycles. The molecule has 0 amide bonds. The van der Waals surface area contributed by atoms with Gasteiger partial charge in [-0.2, -0.15) is 0 Å². The smallest absolute Gasteiger partial charge is 0.355 e. The predicted molar refractivity (Wildman–Crippen MR) is 84.9 cm³/mol. The van der Waals surface area contributed by atoms with Crippen LogP contribution in [0.25, 0.3) is 6.08 Å². The van der Waals surface area contributed by atoms with Crippen molar-refractivity contribution in [3.8, 4) is 5.75 Å². The number of halogens is 1. The maximum Gasteiger partial charge on any atom is 0.355 e. The first kappa shape index (κ1) is 15.0. The van der Waals surface area contributed by atoms with E-state index in [1.807, 2.05) is 6.07 Å². The van der Waals surface area contributed by atoms with Crippen LogP contribution in [-0.4, -0.2) is 25.0 Å². The van der Waals surface area contributed by atoms with Gasteiger partial charge in [0.1, 0.15) is 16.7 Å². The number of esters is 1. The van der Waals surface area contributed by atoms with Crippen molar-refractivity contribution < 1.29 is 19.1 Å². The summed E-state index contributed by atoms with van der Waals surface area (Å²) in [4.78, 5) is 25.4. The lowest BCUT2D eigenvalue weighted by atomic mass is 10.0. The van der Waals surface area contributed by atoms with Crippen molar-refractivity contribution in [2.75, 3.05) is 7.11 Å². The Labute approximate surface area is 135 Å². The van der Waals surface area contributed by atoms with Gasteiger partial charge in [-0.15, -0.1) is 11.3 Å². The second-order valence-electron chi connectivity index (χ2n) is 4.57. The van der Waals surface area contributed by atoms with E-state index in [0.717, 1.165) is 11.3 Å². The standard InChI is InChI=1S/C16H11ClO4S/c1-20-10-7-8-11-12(14(10)18)13(17)15(22-11)16(19)21-9-5-3-2-4-6-9/h2-8,10H,1H3. The third-order valence-electron chi connectivity index (χ3n) is 3.20. The van der Waals surface area contributed by atoms with Crippen LogP contribution in [0, 0.1) is 0 Å². The number of hydrogen-bond donors (Lipinski definition) is 0. The summed E-state index contributed by atoms with van der Waals surface area (Å²) >= 11 is 7.36. The molecule has 0 fully saturated rings. The quantitative estimate of drug-likeness (QED) is 0.632. The van der Waals surface area contributed by atoms with Crippen molar-refractivity contribution in [1.82, 2.24) is 0 Å². The van der Waals surface area contributed by atoms with Crippen molar-refractivity contribution in [2.45, 2.75) is 6.10 Å². The number of methoxy groups -OCH3 is 1. The Balaban J connectivity index is 1.93. The molecule has 0 saturated carbocycles. The molecule has 6 heteroatoms. The van der Waals surface area contributed by atoms with Crippen LogP contribution in [0.4, 0.5) is 0 Å². The van der Waals surface area contributed by atoms with Crippen LogP contribution in [-0.2, 0) is 4.74 Å². The zero-order chi connectivity index (χ0) is 15.7. The Morgan fingerprint density at radius 1 is 1.27 bits per heavy atom. The minimum Gasteiger partial charge on any atom is -0.422 e. The van der Waals surface area contributed by atoms with Crippen LogP contribution >= 0.6 is 22.9 Å². The average molecular weight is 335 g/mol. The summed E-state index contributed by atoms with van der Waals surface area (Å²) in [5, 5.41) is 0.123. The Hall–Kier alpha value is -1.95. The molecule has 0 bridgehead atoms. The van der Waals surface area contributed by atoms with Gasteiger partial charge >= 0.3 is 5.97 Å². The van der Waals surface area contributed by atoms with Crippen LogP contribution in [0.3, 0.4) is 0 Å². The molecule has 112 valence electrons. The van der Waals surface area contributed by atoms with E-state index < -0.39 is 12.1 Å². The molecule has 1 aliphatic rings. The predicted octanol–water partition coefficient (Wildman–Crippen LogP) is 3.85. The topological polar surface area (TPSA) is 52.6 Å². The lowest BCUT2D eigenvalue weighted by molar-refractivity contribution is 0.0718. The lowest BCUT2D eigenvalue weighted by Crippen LogP contribution is -2.23. The van der Waals surface area contributed by atoms with Gasteiger partial charge in [-0.1, -0.05) is 29.8 Å². The van der Waals surface area contributed by atoms with E-state index in [9.17, 15) is 9.59 Å². The average Bonchev–Trinajstić information content (AvgIpc) is 2.86. The lowest BCUT2D eigenvalue weighted by Gasteiger charge is -2.13. The van der Waals surface area contributed by atoms with Crippen molar-refractivity contribution in [3.63, 3.8) is 0 Å². The van der Waals surface area contributed by atoms with Gasteiger partial charge < -0.3 is 9.47 Å². The number of rotatable bonds is 3. The third-order valence-corrected chi connectivity index (χ3v) is 4.82. The van der Waals surface area contributed by atoms with Gasteiger partial charge in [-0.25, -0.2) is 4.79 Å². The zero-order valence-corrected chi connectivity index (χ0v) is 13.1. The number of carbonyl (C=O) groups is 2. The van der Waals surface area contributed by atoms with E-state index in [0.29, 0.717) is 16.2 Å². The van der Waals surface area contributed by atoms with Crippen molar-refractivity contribution in [3.05, 3.63) is 56.7 Å². The summed E-state index contributed by atoms with van der Waals surface area (Å²) in [5.41, 5.74) is 0.320. The van der Waals surface area contributed by atoms with Gasteiger partial charge in [0.05, 0.1) is 10.6 Å². The number of thiophene rings is 1. The Morgan fingerprint density at radius 3 is 2.68 bits per heavy atom. The third kappa shape index (κ3) is 2.59. The molecule has 1 aromatic heterocycles. The van der Waals surface area contributed by atoms with E-state index in [1.165, 1.54) is 7.11 Å². The Bertz CT molecular complexity index is 764. The molecule has 0 saturated heterocycles. The van der Waals surface area contributed by atoms with Gasteiger partial charge in [-0.05, 0) is 24.3 Å². The highest BCUT2D eigenvalue weighted by molar-refractivity contribution is 7.16. The van der Waals surface area contributed by atoms with Crippen LogP contribution in [0.15, 0.2) is 36.4 Å². The largest absolute Gasteiger partial charge is 0.422 e. The van der Waals surface area contributed by atoms with Crippen LogP contribution < -0.4 is 4.74 Å². The summed E-state index contributed by atoms with van der Waals surface area (Å²) in [7, 11) is 1.45. The molecule has 0 radical (unpaired) electrons. The molecular formula is C16H11ClO4S. The molecule has 2 aromatic rings. The van der Waals surface area contributed by atoms with E-state index in [2.05, 4.69) is 0 Å². The van der Waals surface area contributed by atoms with Gasteiger partial charge in [0.15, 0.2) is 5.78 Å². The number of carbonyl (C=O) groups excluding carboxylic acids is 2. The molecule has 3 rings (SSSR count). The van der Waals surface area contributed by atoms with Crippen LogP contribution in [0.2, 0.25) is 5.02 Å². The van der Waals surface area contributed by atoms with Crippen LogP contribution in [0.5, 0.6) is 5.75 Å². The number of fused-ring (bicyclic) bond motifs is 1. The Kier molecular flexibility index (Phi) is 4.11. The normalized spacial score (nSPS) is 16.5. The SMILES string of the molecule is COC1C=Cc2sc(C(=O)Oc3ccccc3)c(Cl)c2C1=O. The van der Waals surface area contributed by atoms with Gasteiger partial charge in [-0.3, -0.25) is 4.79 Å². The van der Waals surface area contributed by atoms with Crippen molar-refractivity contribution in [2.24, 2.45) is 0 Å². The molecule has 1 aromatic carbocycles. The molecule has 1 heterocycles. The molecule has 0 N–H and O–H groups in total. The fraction of sp³-hybridized carbons (Fsp3) is 0.125. The maximum absolute atomic E-state index is 12.3. The van der Waals surface area contributed by atoms with Crippen molar-refractivity contribution in [1.29, 1.82) is 0 Å². The number of para-hydroxylation sites is 1. The monoisotopic (exact) mass is 334 g/mol. The molecule has 1 aliphatic carbocycles. The van der Waals surface area contributed by atoms with E-state index >= 15 is 0 Å². The summed E-state index contributed by atoms with van der Waals surface area (Å²) in [5.74, 6) is -0.405. The minimum absolute atomic E-state index is 0.123. The highest BCUT2D eigenvalue weighted by Crippen LogP contribution is 2.38. The fourth-order valence-electron chi connectivity index (χ4n) is 2.14. The number of Topliss-reactive ketones (excluding diaryl/α,β-unsaturated/α-hetero) is 1. The van der Waals surface area contributed by atoms with Gasteiger partial charge in [0, 0.05) is 12.0 Å². The minimum atomic E-state index is -0.669. The van der Waals surface area contributed by atoms with E-state index in [1.54, 1.807) is 36.4 Å². The van der Waals surface area contributed by atoms with Crippen molar-refractivity contribution >= 4 is 40.8 Å². The highest BCUT2D eigenvalue weighted by atomic mass is 35.5. The first-order valence-corrected chi connectivity index (χ1v) is 7.66. The fourth-order valence-corrected chi connectivity index (χ4v) is 3.57. The molecule has 1 atom stereocenters. The molecular weight excluding hydrogens is 324 g/mol. The number of ether oxygens (including phenoxy) is 2. The summed E-state index contributed by atoms with van der Waals surface area (Å²) in [6, 6.07) is 8.69. The maximum atomic E-state index is 12.3. The Morgan fingerprint density at radius 2 is 2.00 bits per heavy atom. The molecule has 0 spiro atoms. The summed E-state index contributed by atoms with van der Waals surface area (Å²) in [6.45, 7) is 0. The van der Waals surface area contributed by atoms with Crippen LogP contribution in [0.1, 0.15) is 24.9 Å². The second-order valence-corrected chi connectivity index (χ2v) is 6.00. The van der Waals surface area contributed by atoms with E-state index in [4.69, 9.17) is 21.1 Å². The zero-order valence-electron chi connectivity index (χ0n) is 11.5. The first-order valence-electron chi connectivity index (χ1n) is 6.46. The number of hydrogen-bond acceptors (Lipinski definition) is 5. The molecule has 1 unspecified atom stereocenters. The molecule has 22 heavy (non-hydrogen) atoms. The van der Waals surface area contributed by atoms with E-state index in [-0.39, 0.29) is 15.7 Å². The van der Waals surface area contributed by atoms with Gasteiger partial charge in [0.2, 0.25) is 0 Å². The summed E-state index contributed by atoms with van der Waals surface area (Å²) in [6.07, 6.45) is 2.71. The number of ketones is 1. The highest BCUT2D eigenvalue weighted by Gasteiger charge is 2.32. The second kappa shape index (κ2) is 6.04. The first-order chi connectivity index (χ1) is 10.6.